The van der Waals surface area contributed by atoms with Crippen molar-refractivity contribution < 1.29 is 9.64 Å². The van der Waals surface area contributed by atoms with Crippen LogP contribution in [0.15, 0.2) is 23.0 Å². The molecule has 8 heteroatoms. The predicted octanol–water partition coefficient (Wildman–Crippen LogP) is 0.324. The molecule has 3 heterocycles. The molecule has 0 spiro atoms. The van der Waals surface area contributed by atoms with Gasteiger partial charge in [-0.1, -0.05) is 6.42 Å². The molecule has 2 aliphatic heterocycles. The fraction of sp³-hybridized carbons (Fsp3) is 0.550. The second-order valence-electron chi connectivity index (χ2n) is 7.52. The van der Waals surface area contributed by atoms with Gasteiger partial charge in [-0.25, -0.2) is 4.98 Å². The Morgan fingerprint density at radius 2 is 2.11 bits per heavy atom. The van der Waals surface area contributed by atoms with Gasteiger partial charge in [0.05, 0.1) is 37.2 Å². The first kappa shape index (κ1) is 19.3. The van der Waals surface area contributed by atoms with E-state index in [1.54, 1.807) is 0 Å². The number of rotatable bonds is 4. The summed E-state index contributed by atoms with van der Waals surface area (Å²) in [6, 6.07) is 5.71. The van der Waals surface area contributed by atoms with Crippen LogP contribution in [0, 0.1) is 0 Å². The first-order valence-corrected chi connectivity index (χ1v) is 10.6. The van der Waals surface area contributed by atoms with Crippen LogP contribution >= 0.6 is 12.2 Å². The standard InChI is InChI=1S/C20H27N5O2S/c26-19-16-14-15(22-20(28)21-7-9-24-10-12-27-13-11-24)5-6-17(16)23-18-4-2-1-3-8-25(18)19/h5-6,14H,1-4,7-13H2,(H2,21,22,28)/p+1. The number of quaternary nitrogens is 1. The van der Waals surface area contributed by atoms with Crippen molar-refractivity contribution >= 4 is 33.9 Å². The van der Waals surface area contributed by atoms with E-state index < -0.39 is 0 Å². The van der Waals surface area contributed by atoms with Gasteiger partial charge in [-0.3, -0.25) is 9.36 Å². The number of aryl methyl sites for hydroxylation is 1. The summed E-state index contributed by atoms with van der Waals surface area (Å²) >= 11 is 5.42. The maximum Gasteiger partial charge on any atom is 0.261 e. The summed E-state index contributed by atoms with van der Waals surface area (Å²) in [4.78, 5) is 19.2. The Hall–Kier alpha value is -2.03. The van der Waals surface area contributed by atoms with E-state index in [9.17, 15) is 4.79 Å². The fourth-order valence-electron chi connectivity index (χ4n) is 3.93. The van der Waals surface area contributed by atoms with Crippen molar-refractivity contribution in [1.82, 2.24) is 14.9 Å². The number of nitrogens with zero attached hydrogens (tertiary/aromatic N) is 2. The largest absolute Gasteiger partial charge is 0.370 e. The third-order valence-electron chi connectivity index (χ3n) is 5.54. The molecular weight excluding hydrogens is 374 g/mol. The van der Waals surface area contributed by atoms with Gasteiger partial charge in [-0.05, 0) is 43.3 Å². The number of hydrogen-bond donors (Lipinski definition) is 3. The molecule has 0 atom stereocenters. The maximum atomic E-state index is 12.9. The molecule has 1 aromatic heterocycles. The van der Waals surface area contributed by atoms with Crippen molar-refractivity contribution in [3.63, 3.8) is 0 Å². The van der Waals surface area contributed by atoms with E-state index in [4.69, 9.17) is 21.9 Å². The lowest BCUT2D eigenvalue weighted by Gasteiger charge is -2.24. The number of benzene rings is 1. The number of hydrogen-bond acceptors (Lipinski definition) is 4. The Labute approximate surface area is 170 Å². The number of thiocarbonyl (C=S) groups is 1. The molecule has 0 aliphatic carbocycles. The zero-order chi connectivity index (χ0) is 19.3. The van der Waals surface area contributed by atoms with Gasteiger partial charge in [0.15, 0.2) is 5.11 Å². The second kappa shape index (κ2) is 8.98. The van der Waals surface area contributed by atoms with Crippen LogP contribution in [0.2, 0.25) is 0 Å². The zero-order valence-electron chi connectivity index (χ0n) is 16.1. The zero-order valence-corrected chi connectivity index (χ0v) is 16.9. The van der Waals surface area contributed by atoms with Crippen molar-refractivity contribution in [3.8, 4) is 0 Å². The van der Waals surface area contributed by atoms with Crippen LogP contribution < -0.4 is 21.1 Å². The molecule has 1 fully saturated rings. The summed E-state index contributed by atoms with van der Waals surface area (Å²) < 4.78 is 7.23. The molecule has 4 rings (SSSR count). The Morgan fingerprint density at radius 1 is 1.25 bits per heavy atom. The summed E-state index contributed by atoms with van der Waals surface area (Å²) in [5.41, 5.74) is 1.63. The predicted molar refractivity (Wildman–Crippen MR) is 114 cm³/mol. The Balaban J connectivity index is 1.41. The van der Waals surface area contributed by atoms with Crippen molar-refractivity contribution in [2.75, 3.05) is 44.7 Å². The first-order valence-electron chi connectivity index (χ1n) is 10.2. The quantitative estimate of drug-likeness (QED) is 0.640. The van der Waals surface area contributed by atoms with Gasteiger partial charge in [0.2, 0.25) is 0 Å². The van der Waals surface area contributed by atoms with E-state index in [0.717, 1.165) is 88.6 Å². The highest BCUT2D eigenvalue weighted by molar-refractivity contribution is 7.80. The van der Waals surface area contributed by atoms with Crippen LogP contribution in [0.3, 0.4) is 0 Å². The third-order valence-corrected chi connectivity index (χ3v) is 5.78. The average Bonchev–Trinajstić information content (AvgIpc) is 2.95. The van der Waals surface area contributed by atoms with Crippen LogP contribution in [0.5, 0.6) is 0 Å². The van der Waals surface area contributed by atoms with Gasteiger partial charge >= 0.3 is 0 Å². The third kappa shape index (κ3) is 4.51. The Morgan fingerprint density at radius 3 is 2.96 bits per heavy atom. The fourth-order valence-corrected chi connectivity index (χ4v) is 4.15. The lowest BCUT2D eigenvalue weighted by Crippen LogP contribution is -3.14. The molecular formula is C20H28N5O2S+. The molecule has 3 N–H and O–H groups in total. The second-order valence-corrected chi connectivity index (χ2v) is 7.93. The summed E-state index contributed by atoms with van der Waals surface area (Å²) in [7, 11) is 0. The van der Waals surface area contributed by atoms with Crippen molar-refractivity contribution in [2.24, 2.45) is 0 Å². The van der Waals surface area contributed by atoms with Crippen LogP contribution in [-0.2, 0) is 17.7 Å². The maximum absolute atomic E-state index is 12.9. The minimum absolute atomic E-state index is 0.0559. The lowest BCUT2D eigenvalue weighted by molar-refractivity contribution is -0.906. The van der Waals surface area contributed by atoms with Crippen molar-refractivity contribution in [1.29, 1.82) is 0 Å². The smallest absolute Gasteiger partial charge is 0.261 e. The highest BCUT2D eigenvalue weighted by Gasteiger charge is 2.15. The topological polar surface area (TPSA) is 72.6 Å². The summed E-state index contributed by atoms with van der Waals surface area (Å²) in [5.74, 6) is 0.915. The molecule has 1 saturated heterocycles. The molecule has 28 heavy (non-hydrogen) atoms. The minimum Gasteiger partial charge on any atom is -0.370 e. The van der Waals surface area contributed by atoms with Crippen LogP contribution in [0.4, 0.5) is 5.69 Å². The van der Waals surface area contributed by atoms with E-state index in [-0.39, 0.29) is 5.56 Å². The number of fused-ring (bicyclic) bond motifs is 2. The Bertz CT molecular complexity index is 907. The van der Waals surface area contributed by atoms with Gasteiger partial charge in [0.25, 0.3) is 5.56 Å². The van der Waals surface area contributed by atoms with E-state index in [0.29, 0.717) is 10.5 Å². The van der Waals surface area contributed by atoms with Gasteiger partial charge < -0.3 is 20.3 Å². The van der Waals surface area contributed by atoms with Crippen LogP contribution in [0.1, 0.15) is 25.1 Å². The average molecular weight is 403 g/mol. The van der Waals surface area contributed by atoms with E-state index in [1.165, 1.54) is 4.90 Å². The summed E-state index contributed by atoms with van der Waals surface area (Å²) in [6.07, 6.45) is 4.17. The van der Waals surface area contributed by atoms with E-state index in [1.807, 2.05) is 22.8 Å². The van der Waals surface area contributed by atoms with Gasteiger partial charge in [-0.2, -0.15) is 0 Å². The number of anilines is 1. The number of ether oxygens (including phenoxy) is 1. The Kier molecular flexibility index (Phi) is 6.19. The number of aromatic nitrogens is 2. The molecule has 0 radical (unpaired) electrons. The molecule has 0 saturated carbocycles. The molecule has 1 aromatic carbocycles. The SMILES string of the molecule is O=c1c2cc(NC(=S)NCC[NH+]3CCOCC3)ccc2nc2n1CCCCC2. The van der Waals surface area contributed by atoms with Gasteiger partial charge in [0, 0.05) is 18.7 Å². The van der Waals surface area contributed by atoms with Crippen molar-refractivity contribution in [2.45, 2.75) is 32.2 Å². The summed E-state index contributed by atoms with van der Waals surface area (Å²) in [5, 5.41) is 7.69. The molecule has 0 unspecified atom stereocenters. The molecule has 0 bridgehead atoms. The summed E-state index contributed by atoms with van der Waals surface area (Å²) in [6.45, 7) is 6.36. The molecule has 7 nitrogen and oxygen atoms in total. The molecule has 150 valence electrons. The highest BCUT2D eigenvalue weighted by atomic mass is 32.1. The normalized spacial score (nSPS) is 17.7. The van der Waals surface area contributed by atoms with Gasteiger partial charge in [0.1, 0.15) is 18.9 Å². The minimum atomic E-state index is 0.0559. The molecule has 2 aliphatic rings. The van der Waals surface area contributed by atoms with Crippen molar-refractivity contribution in [3.05, 3.63) is 34.4 Å². The molecule has 0 amide bonds. The number of morpholine rings is 1. The molecule has 2 aromatic rings. The van der Waals surface area contributed by atoms with Crippen LogP contribution in [-0.4, -0.2) is 54.1 Å². The van der Waals surface area contributed by atoms with E-state index in [2.05, 4.69) is 10.6 Å². The van der Waals surface area contributed by atoms with Gasteiger partial charge in [-0.15, -0.1) is 0 Å². The highest BCUT2D eigenvalue weighted by Crippen LogP contribution is 2.18. The van der Waals surface area contributed by atoms with Crippen LogP contribution in [0.25, 0.3) is 10.9 Å². The monoisotopic (exact) mass is 402 g/mol. The number of nitrogens with one attached hydrogen (secondary N) is 3. The lowest BCUT2D eigenvalue weighted by atomic mass is 10.2. The first-order chi connectivity index (χ1) is 13.7. The van der Waals surface area contributed by atoms with E-state index >= 15 is 0 Å².